The Morgan fingerprint density at radius 3 is 1.03 bits per heavy atom. The van der Waals surface area contributed by atoms with Crippen molar-refractivity contribution in [2.75, 3.05) is 0 Å². The first-order valence-electron chi connectivity index (χ1n) is 10.8. The third-order valence-electron chi connectivity index (χ3n) is 5.91. The van der Waals surface area contributed by atoms with Crippen LogP contribution in [0.3, 0.4) is 0 Å². The maximum absolute atomic E-state index is 3.58. The molecular weight excluding hydrogens is 451 g/mol. The van der Waals surface area contributed by atoms with Gasteiger partial charge in [-0.15, -0.1) is 0 Å². The van der Waals surface area contributed by atoms with Gasteiger partial charge in [0.15, 0.2) is 0 Å². The smallest absolute Gasteiger partial charge is 0.0686 e. The molecule has 5 aromatic carbocycles. The van der Waals surface area contributed by atoms with E-state index in [1.807, 2.05) is 0 Å². The van der Waals surface area contributed by atoms with Crippen LogP contribution in [0, 0.1) is 0 Å². The van der Waals surface area contributed by atoms with Crippen molar-refractivity contribution in [1.82, 2.24) is 0 Å². The number of hydrogen-bond acceptors (Lipinski definition) is 0. The fraction of sp³-hybridized carbons (Fsp3) is 0. The Morgan fingerprint density at radius 2 is 0.656 bits per heavy atom. The summed E-state index contributed by atoms with van der Waals surface area (Å²) in [5.41, 5.74) is 8.83. The topological polar surface area (TPSA) is 0 Å². The van der Waals surface area contributed by atoms with E-state index < -0.39 is 0 Å². The van der Waals surface area contributed by atoms with Crippen molar-refractivity contribution in [2.45, 2.75) is 0 Å². The van der Waals surface area contributed by atoms with Crippen LogP contribution >= 0.6 is 15.9 Å². The van der Waals surface area contributed by atoms with Gasteiger partial charge in [-0.1, -0.05) is 154 Å². The van der Waals surface area contributed by atoms with Crippen molar-refractivity contribution in [3.05, 3.63) is 138 Å². The van der Waals surface area contributed by atoms with E-state index in [4.69, 9.17) is 0 Å². The molecule has 0 heterocycles. The highest BCUT2D eigenvalue weighted by Gasteiger charge is 2.21. The fourth-order valence-corrected chi connectivity index (χ4v) is 4.49. The second-order valence-corrected chi connectivity index (χ2v) is 8.88. The molecule has 2 heteroatoms. The van der Waals surface area contributed by atoms with Crippen LogP contribution in [0.15, 0.2) is 138 Å². The van der Waals surface area contributed by atoms with Crippen molar-refractivity contribution in [1.29, 1.82) is 0 Å². The summed E-state index contributed by atoms with van der Waals surface area (Å²) < 4.78 is 1.10. The Labute approximate surface area is 198 Å². The summed E-state index contributed by atoms with van der Waals surface area (Å²) in [6.07, 6.45) is 0. The van der Waals surface area contributed by atoms with E-state index in [0.29, 0.717) is 0 Å². The second kappa shape index (κ2) is 9.42. The summed E-state index contributed by atoms with van der Waals surface area (Å²) in [5.74, 6) is 0. The molecule has 0 saturated heterocycles. The maximum atomic E-state index is 3.58. The fourth-order valence-electron chi connectivity index (χ4n) is 4.23. The zero-order valence-electron chi connectivity index (χ0n) is 17.7. The van der Waals surface area contributed by atoms with Gasteiger partial charge < -0.3 is 0 Å². The van der Waals surface area contributed by atoms with Crippen molar-refractivity contribution < 1.29 is 0 Å². The molecule has 0 fully saturated rings. The second-order valence-electron chi connectivity index (χ2n) is 7.96. The van der Waals surface area contributed by atoms with Crippen molar-refractivity contribution in [3.8, 4) is 22.3 Å². The molecule has 0 aliphatic carbocycles. The number of benzene rings is 5. The summed E-state index contributed by atoms with van der Waals surface area (Å²) in [6.45, 7) is 0.178. The van der Waals surface area contributed by atoms with Crippen LogP contribution in [0.2, 0.25) is 0 Å². The minimum absolute atomic E-state index is 0.178. The van der Waals surface area contributed by atoms with Crippen molar-refractivity contribution in [3.63, 3.8) is 0 Å². The molecule has 0 amide bonds. The van der Waals surface area contributed by atoms with E-state index in [-0.39, 0.29) is 6.71 Å². The Bertz CT molecular complexity index is 1190. The van der Waals surface area contributed by atoms with Crippen LogP contribution in [0.5, 0.6) is 0 Å². The Hall–Kier alpha value is -3.36. The Morgan fingerprint density at radius 1 is 0.344 bits per heavy atom. The van der Waals surface area contributed by atoms with Crippen LogP contribution < -0.4 is 16.4 Å². The maximum Gasteiger partial charge on any atom is 0.241 e. The molecule has 0 nitrogen and oxygen atoms in total. The SMILES string of the molecule is Brc1ccc(B(c2ccc(-c3ccccc3)cc2)c2ccc(-c3ccccc3)cc2)cc1. The van der Waals surface area contributed by atoms with Gasteiger partial charge in [0.25, 0.3) is 0 Å². The lowest BCUT2D eigenvalue weighted by Gasteiger charge is -2.17. The van der Waals surface area contributed by atoms with E-state index in [2.05, 4.69) is 149 Å². The Kier molecular flexibility index (Phi) is 6.05. The van der Waals surface area contributed by atoms with Gasteiger partial charge in [0.05, 0.1) is 0 Å². The van der Waals surface area contributed by atoms with Crippen LogP contribution in [-0.4, -0.2) is 6.71 Å². The molecule has 0 aliphatic heterocycles. The van der Waals surface area contributed by atoms with E-state index in [0.717, 1.165) is 4.47 Å². The zero-order chi connectivity index (χ0) is 21.8. The van der Waals surface area contributed by atoms with E-state index in [1.165, 1.54) is 38.6 Å². The molecular formula is C30H22BBr. The van der Waals surface area contributed by atoms with Gasteiger partial charge in [0.2, 0.25) is 6.71 Å². The summed E-state index contributed by atoms with van der Waals surface area (Å²) >= 11 is 3.58. The lowest BCUT2D eigenvalue weighted by molar-refractivity contribution is 1.62. The first-order chi connectivity index (χ1) is 15.8. The normalized spacial score (nSPS) is 10.7. The van der Waals surface area contributed by atoms with Gasteiger partial charge in [0, 0.05) is 4.47 Å². The van der Waals surface area contributed by atoms with Crippen molar-refractivity contribution >= 4 is 39.0 Å². The largest absolute Gasteiger partial charge is 0.241 e. The first-order valence-corrected chi connectivity index (χ1v) is 11.6. The minimum atomic E-state index is 0.178. The van der Waals surface area contributed by atoms with Gasteiger partial charge in [0.1, 0.15) is 0 Å². The summed E-state index contributed by atoms with van der Waals surface area (Å²) in [5, 5.41) is 0. The van der Waals surface area contributed by atoms with E-state index in [1.54, 1.807) is 0 Å². The number of rotatable bonds is 5. The lowest BCUT2D eigenvalue weighted by Crippen LogP contribution is -2.51. The van der Waals surface area contributed by atoms with E-state index >= 15 is 0 Å². The molecule has 0 aliphatic rings. The molecule has 5 aromatic rings. The molecule has 0 saturated carbocycles. The molecule has 0 unspecified atom stereocenters. The van der Waals surface area contributed by atoms with Gasteiger partial charge in [-0.05, 0) is 34.4 Å². The average molecular weight is 473 g/mol. The van der Waals surface area contributed by atoms with Gasteiger partial charge in [-0.2, -0.15) is 0 Å². The number of halogens is 1. The highest BCUT2D eigenvalue weighted by molar-refractivity contribution is 9.10. The quantitative estimate of drug-likeness (QED) is 0.263. The number of hydrogen-bond donors (Lipinski definition) is 0. The molecule has 152 valence electrons. The lowest BCUT2D eigenvalue weighted by atomic mass is 9.37. The van der Waals surface area contributed by atoms with Gasteiger partial charge in [-0.25, -0.2) is 0 Å². The third kappa shape index (κ3) is 4.47. The molecule has 0 N–H and O–H groups in total. The summed E-state index contributed by atoms with van der Waals surface area (Å²) in [7, 11) is 0. The summed E-state index contributed by atoms with van der Waals surface area (Å²) in [4.78, 5) is 0. The molecule has 32 heavy (non-hydrogen) atoms. The first kappa shape index (κ1) is 20.5. The molecule has 0 spiro atoms. The van der Waals surface area contributed by atoms with Crippen LogP contribution in [0.1, 0.15) is 0 Å². The van der Waals surface area contributed by atoms with Crippen molar-refractivity contribution in [2.24, 2.45) is 0 Å². The molecule has 0 bridgehead atoms. The highest BCUT2D eigenvalue weighted by atomic mass is 79.9. The van der Waals surface area contributed by atoms with Crippen LogP contribution in [0.25, 0.3) is 22.3 Å². The summed E-state index contributed by atoms with van der Waals surface area (Å²) in [6, 6.07) is 47.7. The zero-order valence-corrected chi connectivity index (χ0v) is 19.2. The Balaban J connectivity index is 1.53. The molecule has 0 atom stereocenters. The van der Waals surface area contributed by atoms with Gasteiger partial charge >= 0.3 is 0 Å². The van der Waals surface area contributed by atoms with E-state index in [9.17, 15) is 0 Å². The molecule has 0 radical (unpaired) electrons. The average Bonchev–Trinajstić information content (AvgIpc) is 2.87. The third-order valence-corrected chi connectivity index (χ3v) is 6.43. The highest BCUT2D eigenvalue weighted by Crippen LogP contribution is 2.19. The predicted octanol–water partition coefficient (Wildman–Crippen LogP) is 6.30. The standard InChI is InChI=1S/C30H22BBr/c32-30-21-19-29(20-22-30)31(27-15-11-25(12-16-27)23-7-3-1-4-8-23)28-17-13-26(14-18-28)24-9-5-2-6-10-24/h1-22H. The minimum Gasteiger partial charge on any atom is -0.0686 e. The molecule has 0 aromatic heterocycles. The molecule has 5 rings (SSSR count). The monoisotopic (exact) mass is 472 g/mol. The van der Waals surface area contributed by atoms with Gasteiger partial charge in [-0.3, -0.25) is 0 Å². The van der Waals surface area contributed by atoms with Crippen LogP contribution in [-0.2, 0) is 0 Å². The predicted molar refractivity (Wildman–Crippen MR) is 143 cm³/mol. The van der Waals surface area contributed by atoms with Crippen LogP contribution in [0.4, 0.5) is 0 Å².